The summed E-state index contributed by atoms with van der Waals surface area (Å²) in [4.78, 5) is 21.1. The molecule has 0 atom stereocenters. The van der Waals surface area contributed by atoms with Crippen LogP contribution in [0, 0.1) is 0 Å². The van der Waals surface area contributed by atoms with Gasteiger partial charge in [0.1, 0.15) is 10.7 Å². The SMILES string of the molecule is CCOCCc1nc2sc(CC)cc2c(=O)[nH]1. The van der Waals surface area contributed by atoms with Crippen molar-refractivity contribution in [2.24, 2.45) is 0 Å². The van der Waals surface area contributed by atoms with Gasteiger partial charge in [-0.1, -0.05) is 6.92 Å². The summed E-state index contributed by atoms with van der Waals surface area (Å²) in [6.07, 6.45) is 1.59. The van der Waals surface area contributed by atoms with Crippen LogP contribution in [-0.4, -0.2) is 23.2 Å². The van der Waals surface area contributed by atoms with Crippen LogP contribution < -0.4 is 5.56 Å². The molecular formula is C12H16N2O2S. The number of aromatic amines is 1. The average Bonchev–Trinajstić information content (AvgIpc) is 2.73. The molecule has 5 heteroatoms. The number of hydrogen-bond acceptors (Lipinski definition) is 4. The second-order valence-electron chi connectivity index (χ2n) is 3.74. The van der Waals surface area contributed by atoms with Crippen LogP contribution >= 0.6 is 11.3 Å². The van der Waals surface area contributed by atoms with Crippen molar-refractivity contribution in [3.05, 3.63) is 27.1 Å². The van der Waals surface area contributed by atoms with E-state index in [2.05, 4.69) is 16.9 Å². The molecule has 0 aliphatic carbocycles. The quantitative estimate of drug-likeness (QED) is 0.829. The zero-order chi connectivity index (χ0) is 12.3. The number of nitrogens with zero attached hydrogens (tertiary/aromatic N) is 1. The molecule has 2 aromatic rings. The molecule has 0 bridgehead atoms. The summed E-state index contributed by atoms with van der Waals surface area (Å²) in [6, 6.07) is 1.93. The van der Waals surface area contributed by atoms with Crippen LogP contribution in [0.25, 0.3) is 10.2 Å². The molecule has 0 aliphatic heterocycles. The fourth-order valence-corrected chi connectivity index (χ4v) is 2.62. The van der Waals surface area contributed by atoms with Crippen molar-refractivity contribution in [3.63, 3.8) is 0 Å². The van der Waals surface area contributed by atoms with Crippen LogP contribution in [0.1, 0.15) is 24.5 Å². The summed E-state index contributed by atoms with van der Waals surface area (Å²) >= 11 is 1.59. The number of aryl methyl sites for hydroxylation is 1. The van der Waals surface area contributed by atoms with Crippen molar-refractivity contribution in [3.8, 4) is 0 Å². The Morgan fingerprint density at radius 3 is 3.00 bits per heavy atom. The summed E-state index contributed by atoms with van der Waals surface area (Å²) in [7, 11) is 0. The molecule has 4 nitrogen and oxygen atoms in total. The second kappa shape index (κ2) is 5.42. The standard InChI is InChI=1S/C12H16N2O2S/c1-3-8-7-9-11(15)13-10(5-6-16-4-2)14-12(9)17-8/h7H,3-6H2,1-2H3,(H,13,14,15). The number of nitrogens with one attached hydrogen (secondary N) is 1. The minimum Gasteiger partial charge on any atom is -0.381 e. The highest BCUT2D eigenvalue weighted by atomic mass is 32.1. The number of ether oxygens (including phenoxy) is 1. The van der Waals surface area contributed by atoms with Crippen molar-refractivity contribution in [2.45, 2.75) is 26.7 Å². The molecule has 17 heavy (non-hydrogen) atoms. The third-order valence-electron chi connectivity index (χ3n) is 2.54. The first-order valence-corrected chi connectivity index (χ1v) is 6.65. The topological polar surface area (TPSA) is 55.0 Å². The minimum absolute atomic E-state index is 0.0440. The van der Waals surface area contributed by atoms with E-state index >= 15 is 0 Å². The Bertz CT molecular complexity index is 559. The van der Waals surface area contributed by atoms with Crippen LogP contribution in [0.5, 0.6) is 0 Å². The molecule has 92 valence electrons. The second-order valence-corrected chi connectivity index (χ2v) is 4.86. The van der Waals surface area contributed by atoms with Crippen LogP contribution in [-0.2, 0) is 17.6 Å². The Morgan fingerprint density at radius 1 is 1.47 bits per heavy atom. The zero-order valence-corrected chi connectivity index (χ0v) is 10.9. The van der Waals surface area contributed by atoms with E-state index in [0.717, 1.165) is 11.3 Å². The molecule has 0 aliphatic rings. The molecule has 2 rings (SSSR count). The summed E-state index contributed by atoms with van der Waals surface area (Å²) in [5.41, 5.74) is -0.0440. The normalized spacial score (nSPS) is 11.2. The van der Waals surface area contributed by atoms with Gasteiger partial charge in [-0.2, -0.15) is 0 Å². The van der Waals surface area contributed by atoms with Gasteiger partial charge >= 0.3 is 0 Å². The third kappa shape index (κ3) is 2.73. The van der Waals surface area contributed by atoms with Gasteiger partial charge in [-0.3, -0.25) is 4.79 Å². The number of fused-ring (bicyclic) bond motifs is 1. The van der Waals surface area contributed by atoms with Crippen LogP contribution in [0.4, 0.5) is 0 Å². The van der Waals surface area contributed by atoms with Crippen molar-refractivity contribution < 1.29 is 4.74 Å². The van der Waals surface area contributed by atoms with E-state index < -0.39 is 0 Å². The maximum Gasteiger partial charge on any atom is 0.259 e. The van der Waals surface area contributed by atoms with Gasteiger partial charge in [-0.05, 0) is 19.4 Å². The van der Waals surface area contributed by atoms with E-state index in [1.807, 2.05) is 13.0 Å². The van der Waals surface area contributed by atoms with E-state index in [0.29, 0.717) is 30.8 Å². The number of aromatic nitrogens is 2. The van der Waals surface area contributed by atoms with Crippen molar-refractivity contribution in [1.82, 2.24) is 9.97 Å². The lowest BCUT2D eigenvalue weighted by Crippen LogP contribution is -2.12. The molecule has 0 saturated carbocycles. The summed E-state index contributed by atoms with van der Waals surface area (Å²) < 4.78 is 5.26. The molecule has 0 radical (unpaired) electrons. The Hall–Kier alpha value is -1.20. The summed E-state index contributed by atoms with van der Waals surface area (Å²) in [5, 5.41) is 0.701. The fraction of sp³-hybridized carbons (Fsp3) is 0.500. The van der Waals surface area contributed by atoms with Crippen molar-refractivity contribution in [1.29, 1.82) is 0 Å². The van der Waals surface area contributed by atoms with E-state index in [1.165, 1.54) is 4.88 Å². The highest BCUT2D eigenvalue weighted by Gasteiger charge is 2.07. The lowest BCUT2D eigenvalue weighted by molar-refractivity contribution is 0.149. The van der Waals surface area contributed by atoms with Gasteiger partial charge in [0.2, 0.25) is 0 Å². The maximum atomic E-state index is 11.8. The Balaban J connectivity index is 2.30. The zero-order valence-electron chi connectivity index (χ0n) is 10.1. The number of H-pyrrole nitrogens is 1. The van der Waals surface area contributed by atoms with Crippen LogP contribution in [0.2, 0.25) is 0 Å². The predicted molar refractivity (Wildman–Crippen MR) is 69.8 cm³/mol. The van der Waals surface area contributed by atoms with Gasteiger partial charge in [0.05, 0.1) is 12.0 Å². The number of rotatable bonds is 5. The monoisotopic (exact) mass is 252 g/mol. The maximum absolute atomic E-state index is 11.8. The van der Waals surface area contributed by atoms with E-state index in [1.54, 1.807) is 11.3 Å². The largest absolute Gasteiger partial charge is 0.381 e. The molecule has 2 heterocycles. The summed E-state index contributed by atoms with van der Waals surface area (Å²) in [6.45, 7) is 5.31. The van der Waals surface area contributed by atoms with Crippen molar-refractivity contribution in [2.75, 3.05) is 13.2 Å². The van der Waals surface area contributed by atoms with Gasteiger partial charge in [-0.15, -0.1) is 11.3 Å². The van der Waals surface area contributed by atoms with Gasteiger partial charge < -0.3 is 9.72 Å². The van der Waals surface area contributed by atoms with E-state index in [4.69, 9.17) is 4.74 Å². The minimum atomic E-state index is -0.0440. The molecule has 0 spiro atoms. The van der Waals surface area contributed by atoms with Crippen molar-refractivity contribution >= 4 is 21.6 Å². The van der Waals surface area contributed by atoms with E-state index in [9.17, 15) is 4.79 Å². The first kappa shape index (κ1) is 12.3. The Kier molecular flexibility index (Phi) is 3.91. The first-order chi connectivity index (χ1) is 8.24. The molecule has 0 unspecified atom stereocenters. The number of hydrogen-bond donors (Lipinski definition) is 1. The Labute approximate surface area is 104 Å². The summed E-state index contributed by atoms with van der Waals surface area (Å²) in [5.74, 6) is 0.709. The number of thiophene rings is 1. The molecule has 0 fully saturated rings. The van der Waals surface area contributed by atoms with Crippen LogP contribution in [0.3, 0.4) is 0 Å². The lowest BCUT2D eigenvalue weighted by atomic mass is 10.3. The van der Waals surface area contributed by atoms with Crippen LogP contribution in [0.15, 0.2) is 10.9 Å². The first-order valence-electron chi connectivity index (χ1n) is 5.84. The molecule has 1 N–H and O–H groups in total. The third-order valence-corrected chi connectivity index (χ3v) is 3.71. The highest BCUT2D eigenvalue weighted by molar-refractivity contribution is 7.18. The molecule has 2 aromatic heterocycles. The Morgan fingerprint density at radius 2 is 2.29 bits per heavy atom. The average molecular weight is 252 g/mol. The van der Waals surface area contributed by atoms with E-state index in [-0.39, 0.29) is 5.56 Å². The highest BCUT2D eigenvalue weighted by Crippen LogP contribution is 2.21. The van der Waals surface area contributed by atoms with Gasteiger partial charge in [0, 0.05) is 17.9 Å². The lowest BCUT2D eigenvalue weighted by Gasteiger charge is -2.00. The van der Waals surface area contributed by atoms with Gasteiger partial charge in [0.25, 0.3) is 5.56 Å². The predicted octanol–water partition coefficient (Wildman–Crippen LogP) is 2.13. The molecule has 0 saturated heterocycles. The smallest absolute Gasteiger partial charge is 0.259 e. The van der Waals surface area contributed by atoms with Gasteiger partial charge in [-0.25, -0.2) is 4.98 Å². The van der Waals surface area contributed by atoms with Gasteiger partial charge in [0.15, 0.2) is 0 Å². The fourth-order valence-electron chi connectivity index (χ4n) is 1.63. The molecule has 0 aromatic carbocycles. The molecule has 0 amide bonds. The molecular weight excluding hydrogens is 236 g/mol.